The van der Waals surface area contributed by atoms with Crippen molar-refractivity contribution in [2.75, 3.05) is 23.3 Å². The third kappa shape index (κ3) is 3.92. The van der Waals surface area contributed by atoms with Gasteiger partial charge in [0.25, 0.3) is 0 Å². The van der Waals surface area contributed by atoms with Crippen LogP contribution in [0.3, 0.4) is 0 Å². The third-order valence-electron chi connectivity index (χ3n) is 2.74. The smallest absolute Gasteiger partial charge is 0.233 e. The quantitative estimate of drug-likeness (QED) is 0.771. The molecule has 5 nitrogen and oxygen atoms in total. The maximum absolute atomic E-state index is 5.97. The van der Waals surface area contributed by atoms with Gasteiger partial charge in [-0.1, -0.05) is 0 Å². The molecule has 0 aliphatic carbocycles. The topological polar surface area (TPSA) is 53.9 Å². The number of aromatic nitrogens is 3. The molecule has 0 unspecified atom stereocenters. The van der Waals surface area contributed by atoms with Crippen molar-refractivity contribution in [2.45, 2.75) is 13.8 Å². The first-order chi connectivity index (χ1) is 9.62. The largest absolute Gasteiger partial charge is 0.341 e. The molecule has 0 fully saturated rings. The minimum absolute atomic E-state index is 0.190. The van der Waals surface area contributed by atoms with Crippen LogP contribution < -0.4 is 10.2 Å². The van der Waals surface area contributed by atoms with Crippen molar-refractivity contribution in [3.63, 3.8) is 0 Å². The highest BCUT2D eigenvalue weighted by Gasteiger charge is 2.10. The van der Waals surface area contributed by atoms with Crippen molar-refractivity contribution in [3.05, 3.63) is 33.1 Å². The molecular weight excluding hydrogens is 389 g/mol. The van der Waals surface area contributed by atoms with Gasteiger partial charge in [0.05, 0.1) is 0 Å². The Labute approximate surface area is 136 Å². The average molecular weight is 404 g/mol. The second-order valence-corrected chi connectivity index (χ2v) is 5.62. The molecule has 0 radical (unpaired) electrons. The highest BCUT2D eigenvalue weighted by Crippen LogP contribution is 2.18. The van der Waals surface area contributed by atoms with Crippen LogP contribution in [0.4, 0.5) is 17.6 Å². The van der Waals surface area contributed by atoms with E-state index in [0.29, 0.717) is 11.9 Å². The molecule has 106 valence electrons. The average Bonchev–Trinajstić information content (AvgIpc) is 2.42. The molecule has 0 spiro atoms. The van der Waals surface area contributed by atoms with Crippen molar-refractivity contribution in [2.24, 2.45) is 0 Å². The molecule has 0 amide bonds. The van der Waals surface area contributed by atoms with Crippen LogP contribution in [0.15, 0.2) is 24.3 Å². The van der Waals surface area contributed by atoms with Crippen molar-refractivity contribution < 1.29 is 0 Å². The van der Waals surface area contributed by atoms with E-state index in [2.05, 4.69) is 42.9 Å². The molecule has 0 aliphatic rings. The van der Waals surface area contributed by atoms with Crippen LogP contribution in [0.1, 0.15) is 13.8 Å². The van der Waals surface area contributed by atoms with Gasteiger partial charge in [0.15, 0.2) is 0 Å². The molecular formula is C13H15ClIN5. The highest BCUT2D eigenvalue weighted by molar-refractivity contribution is 14.1. The van der Waals surface area contributed by atoms with Gasteiger partial charge in [-0.2, -0.15) is 15.0 Å². The second-order valence-electron chi connectivity index (χ2n) is 4.03. The van der Waals surface area contributed by atoms with Crippen LogP contribution in [0, 0.1) is 3.57 Å². The molecule has 7 heteroatoms. The van der Waals surface area contributed by atoms with E-state index >= 15 is 0 Å². The predicted octanol–water partition coefficient (Wildman–Crippen LogP) is 3.72. The summed E-state index contributed by atoms with van der Waals surface area (Å²) in [5, 5.41) is 3.33. The summed E-state index contributed by atoms with van der Waals surface area (Å²) in [6.07, 6.45) is 0. The van der Waals surface area contributed by atoms with Gasteiger partial charge >= 0.3 is 0 Å². The van der Waals surface area contributed by atoms with E-state index in [9.17, 15) is 0 Å². The summed E-state index contributed by atoms with van der Waals surface area (Å²) in [7, 11) is 0. The number of nitrogens with zero attached hydrogens (tertiary/aromatic N) is 4. The Kier molecular flexibility index (Phi) is 5.36. The zero-order valence-corrected chi connectivity index (χ0v) is 14.2. The number of hydrogen-bond donors (Lipinski definition) is 1. The van der Waals surface area contributed by atoms with Crippen molar-refractivity contribution >= 4 is 51.8 Å². The first kappa shape index (κ1) is 15.2. The zero-order chi connectivity index (χ0) is 14.5. The second kappa shape index (κ2) is 7.03. The van der Waals surface area contributed by atoms with Crippen LogP contribution in [0.25, 0.3) is 0 Å². The van der Waals surface area contributed by atoms with Gasteiger partial charge in [-0.15, -0.1) is 0 Å². The molecule has 20 heavy (non-hydrogen) atoms. The van der Waals surface area contributed by atoms with Crippen LogP contribution in [0.5, 0.6) is 0 Å². The number of anilines is 3. The van der Waals surface area contributed by atoms with Crippen LogP contribution in [0.2, 0.25) is 5.28 Å². The number of benzene rings is 1. The molecule has 0 saturated carbocycles. The first-order valence-corrected chi connectivity index (χ1v) is 7.77. The minimum Gasteiger partial charge on any atom is -0.341 e. The predicted molar refractivity (Wildman–Crippen MR) is 90.8 cm³/mol. The van der Waals surface area contributed by atoms with E-state index in [4.69, 9.17) is 11.6 Å². The summed E-state index contributed by atoms with van der Waals surface area (Å²) >= 11 is 8.23. The Morgan fingerprint density at radius 3 is 2.35 bits per heavy atom. The van der Waals surface area contributed by atoms with E-state index in [1.807, 2.05) is 43.0 Å². The van der Waals surface area contributed by atoms with Gasteiger partial charge in [-0.3, -0.25) is 0 Å². The van der Waals surface area contributed by atoms with E-state index in [0.717, 1.165) is 18.8 Å². The molecule has 2 aromatic rings. The Bertz CT molecular complexity index is 571. The lowest BCUT2D eigenvalue weighted by atomic mass is 10.3. The van der Waals surface area contributed by atoms with Gasteiger partial charge in [0.2, 0.25) is 17.2 Å². The molecule has 1 N–H and O–H groups in total. The van der Waals surface area contributed by atoms with Crippen LogP contribution in [-0.4, -0.2) is 28.0 Å². The third-order valence-corrected chi connectivity index (χ3v) is 3.63. The summed E-state index contributed by atoms with van der Waals surface area (Å²) in [6, 6.07) is 7.96. The Balaban J connectivity index is 2.25. The molecule has 1 aromatic heterocycles. The van der Waals surface area contributed by atoms with Gasteiger partial charge in [-0.05, 0) is 72.3 Å². The molecule has 0 saturated heterocycles. The summed E-state index contributed by atoms with van der Waals surface area (Å²) in [5.41, 5.74) is 0.915. The van der Waals surface area contributed by atoms with Gasteiger partial charge in [0.1, 0.15) is 0 Å². The van der Waals surface area contributed by atoms with Gasteiger partial charge < -0.3 is 10.2 Å². The van der Waals surface area contributed by atoms with E-state index in [1.165, 1.54) is 3.57 Å². The summed E-state index contributed by atoms with van der Waals surface area (Å²) in [6.45, 7) is 5.74. The lowest BCUT2D eigenvalue weighted by Crippen LogP contribution is -2.24. The van der Waals surface area contributed by atoms with E-state index in [-0.39, 0.29) is 5.28 Å². The standard InChI is InChI=1S/C13H15ClIN5/c1-3-20(4-2)13-18-11(14)17-12(19-13)16-10-7-5-9(15)6-8-10/h5-8H,3-4H2,1-2H3,(H,16,17,18,19). The normalized spacial score (nSPS) is 10.4. The van der Waals surface area contributed by atoms with E-state index in [1.54, 1.807) is 0 Å². The molecule has 0 aliphatic heterocycles. The van der Waals surface area contributed by atoms with Gasteiger partial charge in [-0.25, -0.2) is 0 Å². The highest BCUT2D eigenvalue weighted by atomic mass is 127. The van der Waals surface area contributed by atoms with Crippen LogP contribution in [-0.2, 0) is 0 Å². The molecule has 0 bridgehead atoms. The SMILES string of the molecule is CCN(CC)c1nc(Cl)nc(Nc2ccc(I)cc2)n1. The number of halogens is 2. The van der Waals surface area contributed by atoms with Crippen molar-refractivity contribution in [1.82, 2.24) is 15.0 Å². The Morgan fingerprint density at radius 2 is 1.75 bits per heavy atom. The minimum atomic E-state index is 0.190. The number of hydrogen-bond acceptors (Lipinski definition) is 5. The number of rotatable bonds is 5. The fraction of sp³-hybridized carbons (Fsp3) is 0.308. The lowest BCUT2D eigenvalue weighted by molar-refractivity contribution is 0.814. The fourth-order valence-electron chi connectivity index (χ4n) is 1.71. The van der Waals surface area contributed by atoms with Crippen LogP contribution >= 0.6 is 34.2 Å². The maximum atomic E-state index is 5.97. The zero-order valence-electron chi connectivity index (χ0n) is 11.3. The molecule has 1 aromatic carbocycles. The lowest BCUT2D eigenvalue weighted by Gasteiger charge is -2.18. The summed E-state index contributed by atoms with van der Waals surface area (Å²) in [4.78, 5) is 14.7. The van der Waals surface area contributed by atoms with Crippen molar-refractivity contribution in [1.29, 1.82) is 0 Å². The molecule has 1 heterocycles. The van der Waals surface area contributed by atoms with Gasteiger partial charge in [0, 0.05) is 22.3 Å². The molecule has 0 atom stereocenters. The summed E-state index contributed by atoms with van der Waals surface area (Å²) < 4.78 is 1.17. The summed E-state index contributed by atoms with van der Waals surface area (Å²) in [5.74, 6) is 1.04. The Hall–Kier alpha value is -1.15. The van der Waals surface area contributed by atoms with E-state index < -0.39 is 0 Å². The monoisotopic (exact) mass is 403 g/mol. The van der Waals surface area contributed by atoms with Crippen molar-refractivity contribution in [3.8, 4) is 0 Å². The Morgan fingerprint density at radius 1 is 1.10 bits per heavy atom. The maximum Gasteiger partial charge on any atom is 0.233 e. The molecule has 2 rings (SSSR count). The first-order valence-electron chi connectivity index (χ1n) is 6.31. The number of nitrogens with one attached hydrogen (secondary N) is 1. The fourth-order valence-corrected chi connectivity index (χ4v) is 2.22.